The van der Waals surface area contributed by atoms with Gasteiger partial charge in [0.15, 0.2) is 17.4 Å². The first-order valence-electron chi connectivity index (χ1n) is 13.3. The van der Waals surface area contributed by atoms with Crippen LogP contribution in [0.5, 0.6) is 0 Å². The van der Waals surface area contributed by atoms with Gasteiger partial charge in [-0.1, -0.05) is 11.6 Å². The van der Waals surface area contributed by atoms with Crippen molar-refractivity contribution >= 4 is 55.7 Å². The normalized spacial score (nSPS) is 18.5. The molecule has 220 valence electrons. The molecule has 0 bridgehead atoms. The molecule has 0 radical (unpaired) electrons. The topological polar surface area (TPSA) is 143 Å². The van der Waals surface area contributed by atoms with Crippen molar-refractivity contribution < 1.29 is 27.5 Å². The molecule has 15 heteroatoms. The molecule has 2 aliphatic heterocycles. The van der Waals surface area contributed by atoms with E-state index in [4.69, 9.17) is 16.3 Å². The highest BCUT2D eigenvalue weighted by atomic mass is 35.5. The number of piperazine rings is 1. The SMILES string of the molecule is O=C(CC1CN(S(=O)(=O)c2cc3cc(Cl)ccc3[nH]2)CCN1C(=O)c1ncc(-c2cc[n+]([O-])cc2)s1)N1CCOCC1. The number of rotatable bonds is 6. The number of ether oxygens (including phenoxy) is 1. The molecule has 1 N–H and O–H groups in total. The molecule has 2 fully saturated rings. The third-order valence-corrected chi connectivity index (χ3v) is 10.5. The van der Waals surface area contributed by atoms with Gasteiger partial charge in [0.2, 0.25) is 5.91 Å². The predicted molar refractivity (Wildman–Crippen MR) is 155 cm³/mol. The van der Waals surface area contributed by atoms with Gasteiger partial charge in [-0.2, -0.15) is 9.04 Å². The molecule has 5 heterocycles. The summed E-state index contributed by atoms with van der Waals surface area (Å²) in [6.07, 6.45) is 4.26. The number of pyridine rings is 1. The number of hydrogen-bond donors (Lipinski definition) is 1. The van der Waals surface area contributed by atoms with Crippen LogP contribution in [-0.4, -0.2) is 96.3 Å². The Morgan fingerprint density at radius 2 is 1.88 bits per heavy atom. The number of aromatic nitrogens is 3. The van der Waals surface area contributed by atoms with Crippen LogP contribution in [0.3, 0.4) is 0 Å². The summed E-state index contributed by atoms with van der Waals surface area (Å²) in [4.78, 5) is 38.2. The van der Waals surface area contributed by atoms with E-state index in [-0.39, 0.29) is 47.9 Å². The Morgan fingerprint density at radius 1 is 1.12 bits per heavy atom. The number of morpholine rings is 1. The van der Waals surface area contributed by atoms with Crippen molar-refractivity contribution in [3.63, 3.8) is 0 Å². The van der Waals surface area contributed by atoms with Gasteiger partial charge in [0.1, 0.15) is 5.03 Å². The highest BCUT2D eigenvalue weighted by Crippen LogP contribution is 2.30. The van der Waals surface area contributed by atoms with Crippen molar-refractivity contribution in [2.45, 2.75) is 17.5 Å². The van der Waals surface area contributed by atoms with Crippen LogP contribution >= 0.6 is 22.9 Å². The Hall–Kier alpha value is -3.56. The average molecular weight is 631 g/mol. The zero-order chi connectivity index (χ0) is 29.4. The fraction of sp³-hybridized carbons (Fsp3) is 0.333. The average Bonchev–Trinajstić information content (AvgIpc) is 3.66. The number of nitrogens with zero attached hydrogens (tertiary/aromatic N) is 5. The Morgan fingerprint density at radius 3 is 2.64 bits per heavy atom. The maximum Gasteiger partial charge on any atom is 0.283 e. The Kier molecular flexibility index (Phi) is 7.89. The van der Waals surface area contributed by atoms with E-state index in [0.29, 0.717) is 51.8 Å². The number of H-pyrrole nitrogens is 1. The van der Waals surface area contributed by atoms with E-state index in [9.17, 15) is 23.2 Å². The van der Waals surface area contributed by atoms with E-state index in [0.717, 1.165) is 5.56 Å². The molecule has 12 nitrogen and oxygen atoms in total. The third kappa shape index (κ3) is 5.72. The van der Waals surface area contributed by atoms with E-state index in [1.165, 1.54) is 34.1 Å². The first kappa shape index (κ1) is 28.6. The molecule has 1 unspecified atom stereocenters. The van der Waals surface area contributed by atoms with E-state index < -0.39 is 16.1 Å². The number of carbonyl (C=O) groups excluding carboxylic acids is 2. The Labute approximate surface area is 250 Å². The van der Waals surface area contributed by atoms with Crippen molar-refractivity contribution in [1.82, 2.24) is 24.1 Å². The number of hydrogen-bond acceptors (Lipinski definition) is 8. The second-order valence-electron chi connectivity index (χ2n) is 10.1. The van der Waals surface area contributed by atoms with Crippen molar-refractivity contribution in [2.75, 3.05) is 45.9 Å². The quantitative estimate of drug-likeness (QED) is 0.254. The fourth-order valence-corrected chi connectivity index (χ4v) is 7.73. The van der Waals surface area contributed by atoms with E-state index >= 15 is 0 Å². The highest BCUT2D eigenvalue weighted by Gasteiger charge is 2.39. The summed E-state index contributed by atoms with van der Waals surface area (Å²) in [5.74, 6) is -0.547. The zero-order valence-corrected chi connectivity index (χ0v) is 24.7. The minimum atomic E-state index is -3.97. The highest BCUT2D eigenvalue weighted by molar-refractivity contribution is 7.89. The minimum absolute atomic E-state index is 0.0182. The van der Waals surface area contributed by atoms with Gasteiger partial charge < -0.3 is 24.7 Å². The Balaban J connectivity index is 1.26. The number of nitrogens with one attached hydrogen (secondary N) is 1. The molecular weight excluding hydrogens is 604 g/mol. The number of sulfonamides is 1. The molecule has 2 saturated heterocycles. The van der Waals surface area contributed by atoms with Gasteiger partial charge in [-0.05, 0) is 24.3 Å². The molecule has 2 amide bonds. The van der Waals surface area contributed by atoms with Crippen LogP contribution in [0.15, 0.2) is 60.0 Å². The summed E-state index contributed by atoms with van der Waals surface area (Å²) in [7, 11) is -3.97. The maximum atomic E-state index is 13.7. The minimum Gasteiger partial charge on any atom is -0.619 e. The monoisotopic (exact) mass is 630 g/mol. The number of halogens is 1. The summed E-state index contributed by atoms with van der Waals surface area (Å²) in [6.45, 7) is 1.81. The fourth-order valence-electron chi connectivity index (χ4n) is 5.19. The van der Waals surface area contributed by atoms with Crippen LogP contribution < -0.4 is 4.73 Å². The first-order valence-corrected chi connectivity index (χ1v) is 15.9. The van der Waals surface area contributed by atoms with Gasteiger partial charge in [-0.3, -0.25) is 9.59 Å². The summed E-state index contributed by atoms with van der Waals surface area (Å²) in [6, 6.07) is 9.18. The second-order valence-corrected chi connectivity index (χ2v) is 13.4. The second kappa shape index (κ2) is 11.6. The molecule has 1 atom stereocenters. The van der Waals surface area contributed by atoms with Gasteiger partial charge >= 0.3 is 0 Å². The maximum absolute atomic E-state index is 13.7. The molecular formula is C27H27ClN6O6S2. The molecule has 1 aromatic carbocycles. The Bertz CT molecular complexity index is 1740. The van der Waals surface area contributed by atoms with E-state index in [1.807, 2.05) is 0 Å². The first-order chi connectivity index (χ1) is 20.2. The molecule has 0 spiro atoms. The number of thiazole rings is 1. The van der Waals surface area contributed by atoms with Gasteiger partial charge in [0.25, 0.3) is 15.9 Å². The van der Waals surface area contributed by atoms with Crippen molar-refractivity contribution in [3.8, 4) is 10.4 Å². The third-order valence-electron chi connectivity index (χ3n) is 7.43. The van der Waals surface area contributed by atoms with Crippen molar-refractivity contribution in [2.24, 2.45) is 0 Å². The lowest BCUT2D eigenvalue weighted by molar-refractivity contribution is -0.605. The molecule has 6 rings (SSSR count). The van der Waals surface area contributed by atoms with Crippen LogP contribution in [0.1, 0.15) is 16.2 Å². The molecule has 42 heavy (non-hydrogen) atoms. The summed E-state index contributed by atoms with van der Waals surface area (Å²) >= 11 is 7.26. The number of aromatic amines is 1. The van der Waals surface area contributed by atoms with Crippen molar-refractivity contribution in [3.05, 3.63) is 70.2 Å². The molecule has 0 saturated carbocycles. The number of amides is 2. The van der Waals surface area contributed by atoms with Crippen LogP contribution in [0.4, 0.5) is 0 Å². The van der Waals surface area contributed by atoms with Crippen LogP contribution in [-0.2, 0) is 19.6 Å². The standard InChI is InChI=1S/C27H27ClN6O6S2/c28-20-1-2-22-19(13-20)14-24(30-22)42(38,39)33-7-8-34(21(17-33)15-25(35)31-9-11-40-12-10-31)27(36)26-29-16-23(41-26)18-3-5-32(37)6-4-18/h1-6,13-14,16,21,30H,7-12,15,17H2. The van der Waals surface area contributed by atoms with E-state index in [1.54, 1.807) is 46.3 Å². The lowest BCUT2D eigenvalue weighted by Gasteiger charge is -2.41. The summed E-state index contributed by atoms with van der Waals surface area (Å²) < 4.78 is 34.8. The van der Waals surface area contributed by atoms with Gasteiger partial charge in [0.05, 0.1) is 24.1 Å². The lowest BCUT2D eigenvalue weighted by Crippen LogP contribution is -2.58. The molecule has 3 aromatic heterocycles. The van der Waals surface area contributed by atoms with Crippen LogP contribution in [0, 0.1) is 5.21 Å². The smallest absolute Gasteiger partial charge is 0.283 e. The van der Waals surface area contributed by atoms with Gasteiger partial charge in [0, 0.05) is 79.0 Å². The molecule has 4 aromatic rings. The predicted octanol–water partition coefficient (Wildman–Crippen LogP) is 2.34. The zero-order valence-electron chi connectivity index (χ0n) is 22.3. The number of fused-ring (bicyclic) bond motifs is 1. The summed E-state index contributed by atoms with van der Waals surface area (Å²) in [5, 5.41) is 12.8. The largest absolute Gasteiger partial charge is 0.619 e. The number of benzene rings is 1. The van der Waals surface area contributed by atoms with Gasteiger partial charge in [-0.25, -0.2) is 13.4 Å². The molecule has 0 aliphatic carbocycles. The van der Waals surface area contributed by atoms with Crippen LogP contribution in [0.2, 0.25) is 5.02 Å². The van der Waals surface area contributed by atoms with Crippen molar-refractivity contribution in [1.29, 1.82) is 0 Å². The summed E-state index contributed by atoms with van der Waals surface area (Å²) in [5.41, 5.74) is 1.38. The lowest BCUT2D eigenvalue weighted by atomic mass is 10.1. The van der Waals surface area contributed by atoms with E-state index in [2.05, 4.69) is 9.97 Å². The number of carbonyl (C=O) groups is 2. The molecule has 2 aliphatic rings. The van der Waals surface area contributed by atoms with Gasteiger partial charge in [-0.15, -0.1) is 11.3 Å². The van der Waals surface area contributed by atoms with Crippen LogP contribution in [0.25, 0.3) is 21.3 Å².